The third kappa shape index (κ3) is 4.03. The Hall–Kier alpha value is -1.63. The van der Waals surface area contributed by atoms with Crippen LogP contribution in [0.4, 0.5) is 11.8 Å². The number of nitrogen functional groups attached to an aromatic ring is 2. The van der Waals surface area contributed by atoms with Crippen LogP contribution in [0, 0.1) is 16.7 Å². The number of nitrogens with two attached hydrogens (primary N) is 3. The minimum Gasteiger partial charge on any atom is -0.382 e. The van der Waals surface area contributed by atoms with Crippen LogP contribution in [0.25, 0.3) is 11.3 Å². The topological polar surface area (TPSA) is 117 Å². The Morgan fingerprint density at radius 2 is 1.62 bits per heavy atom. The molecule has 0 radical (unpaired) electrons. The summed E-state index contributed by atoms with van der Waals surface area (Å²) in [5.74, 6) is 1.13. The van der Waals surface area contributed by atoms with Crippen LogP contribution in [-0.4, -0.2) is 20.7 Å². The average Bonchev–Trinajstić information content (AvgIpc) is 2.54. The molecule has 29 heavy (non-hydrogen) atoms. The fourth-order valence-corrected chi connectivity index (χ4v) is 7.16. The van der Waals surface area contributed by atoms with Gasteiger partial charge in [0.15, 0.2) is 5.82 Å². The van der Waals surface area contributed by atoms with Crippen LogP contribution in [0.5, 0.6) is 0 Å². The second kappa shape index (κ2) is 6.96. The zero-order chi connectivity index (χ0) is 21.0. The monoisotopic (exact) mass is 434 g/mol. The van der Waals surface area contributed by atoms with Gasteiger partial charge < -0.3 is 17.2 Å². The van der Waals surface area contributed by atoms with Crippen LogP contribution in [-0.2, 0) is 0 Å². The highest BCUT2D eigenvalue weighted by Crippen LogP contribution is 2.65. The van der Waals surface area contributed by atoms with E-state index in [0.717, 1.165) is 5.92 Å². The molecule has 0 aliphatic heterocycles. The summed E-state index contributed by atoms with van der Waals surface area (Å²) in [6, 6.07) is 5.13. The lowest BCUT2D eigenvalue weighted by atomic mass is 9.43. The van der Waals surface area contributed by atoms with Gasteiger partial charge in [-0.1, -0.05) is 49.2 Å². The summed E-state index contributed by atoms with van der Waals surface area (Å²) < 4.78 is 0. The third-order valence-corrected chi connectivity index (χ3v) is 7.43. The van der Waals surface area contributed by atoms with Crippen molar-refractivity contribution in [3.63, 3.8) is 0 Å². The Morgan fingerprint density at radius 3 is 2.17 bits per heavy atom. The van der Waals surface area contributed by atoms with E-state index in [4.69, 9.17) is 40.4 Å². The maximum absolute atomic E-state index is 6.49. The number of rotatable bonds is 1. The van der Waals surface area contributed by atoms with E-state index in [1.165, 1.54) is 38.5 Å². The molecule has 2 unspecified atom stereocenters. The van der Waals surface area contributed by atoms with Crippen molar-refractivity contribution in [3.8, 4) is 11.3 Å². The van der Waals surface area contributed by atoms with Crippen molar-refractivity contribution in [2.24, 2.45) is 22.5 Å². The lowest BCUT2D eigenvalue weighted by Crippen LogP contribution is -2.62. The third-order valence-electron chi connectivity index (χ3n) is 6.61. The molecule has 8 heteroatoms. The van der Waals surface area contributed by atoms with Gasteiger partial charge in [0.25, 0.3) is 0 Å². The molecule has 4 fully saturated rings. The van der Waals surface area contributed by atoms with Crippen LogP contribution in [0.3, 0.4) is 0 Å². The molecule has 0 saturated heterocycles. The predicted octanol–water partition coefficient (Wildman–Crippen LogP) is 4.70. The number of aromatic nitrogens is 3. The molecule has 0 spiro atoms. The van der Waals surface area contributed by atoms with Gasteiger partial charge in [0.1, 0.15) is 5.69 Å². The normalized spacial score (nSPS) is 34.6. The number of hydrogen-bond donors (Lipinski definition) is 3. The van der Waals surface area contributed by atoms with Gasteiger partial charge in [-0.25, -0.2) is 0 Å². The minimum atomic E-state index is 0.0133. The Balaban J connectivity index is 0.000000144. The van der Waals surface area contributed by atoms with Crippen molar-refractivity contribution in [3.05, 3.63) is 28.2 Å². The smallest absolute Gasteiger partial charge is 0.242 e. The van der Waals surface area contributed by atoms with Gasteiger partial charge in [0.2, 0.25) is 5.95 Å². The zero-order valence-corrected chi connectivity index (χ0v) is 18.4. The van der Waals surface area contributed by atoms with Crippen LogP contribution in [0.2, 0.25) is 10.0 Å². The fourth-order valence-electron chi connectivity index (χ4n) is 6.77. The summed E-state index contributed by atoms with van der Waals surface area (Å²) in [5, 5.41) is 8.24. The average molecular weight is 435 g/mol. The van der Waals surface area contributed by atoms with E-state index >= 15 is 0 Å². The molecule has 2 aromatic rings. The SMILES string of the molecule is CC12CC3CC(C)(C1)CC(N)(C3)C2.Nc1nnc(-c2cccc(Cl)c2Cl)c(N)n1. The Kier molecular flexibility index (Phi) is 4.95. The highest BCUT2D eigenvalue weighted by atomic mass is 35.5. The number of hydrogen-bond acceptors (Lipinski definition) is 6. The molecule has 2 atom stereocenters. The standard InChI is InChI=1S/C12H21N.C9H7Cl2N5/c1-10-3-9-4-11(2,6-10)8-12(13,5-9)7-10;10-5-3-1-2-4(6(5)11)7-8(12)14-9(13)16-15-7/h9H,3-8,13H2,1-2H3;1-3H,(H4,12,13,14,16). The van der Waals surface area contributed by atoms with E-state index in [9.17, 15) is 0 Å². The second-order valence-corrected chi connectivity index (χ2v) is 10.8. The predicted molar refractivity (Wildman–Crippen MR) is 118 cm³/mol. The van der Waals surface area contributed by atoms with Crippen LogP contribution < -0.4 is 17.2 Å². The first-order chi connectivity index (χ1) is 13.5. The maximum atomic E-state index is 6.49. The molecular formula is C21H28Cl2N6. The summed E-state index contributed by atoms with van der Waals surface area (Å²) in [6.45, 7) is 4.94. The summed E-state index contributed by atoms with van der Waals surface area (Å²) >= 11 is 11.9. The van der Waals surface area contributed by atoms with Crippen LogP contribution >= 0.6 is 23.2 Å². The first-order valence-electron chi connectivity index (χ1n) is 9.99. The van der Waals surface area contributed by atoms with E-state index in [1.54, 1.807) is 18.2 Å². The highest BCUT2D eigenvalue weighted by molar-refractivity contribution is 6.43. The maximum Gasteiger partial charge on any atom is 0.242 e. The molecule has 1 heterocycles. The quantitative estimate of drug-likeness (QED) is 0.598. The zero-order valence-electron chi connectivity index (χ0n) is 16.9. The Bertz CT molecular complexity index is 898. The van der Waals surface area contributed by atoms with Gasteiger partial charge in [-0.05, 0) is 61.3 Å². The minimum absolute atomic E-state index is 0.0133. The molecule has 1 aromatic carbocycles. The largest absolute Gasteiger partial charge is 0.382 e. The van der Waals surface area contributed by atoms with Gasteiger partial charge >= 0.3 is 0 Å². The molecule has 6 N–H and O–H groups in total. The summed E-state index contributed by atoms with van der Waals surface area (Å²) in [7, 11) is 0. The molecule has 6 nitrogen and oxygen atoms in total. The fraction of sp³-hybridized carbons (Fsp3) is 0.571. The van der Waals surface area contributed by atoms with Crippen LogP contribution in [0.15, 0.2) is 18.2 Å². The van der Waals surface area contributed by atoms with E-state index in [0.29, 0.717) is 32.1 Å². The van der Waals surface area contributed by atoms with Crippen molar-refractivity contribution in [2.45, 2.75) is 57.9 Å². The number of nitrogens with zero attached hydrogens (tertiary/aromatic N) is 3. The molecule has 156 valence electrons. The highest BCUT2D eigenvalue weighted by Gasteiger charge is 2.58. The lowest BCUT2D eigenvalue weighted by Gasteiger charge is -2.64. The molecule has 4 aliphatic rings. The molecular weight excluding hydrogens is 407 g/mol. The molecule has 6 rings (SSSR count). The van der Waals surface area contributed by atoms with Crippen molar-refractivity contribution in [2.75, 3.05) is 11.5 Å². The number of benzene rings is 1. The Morgan fingerprint density at radius 1 is 0.966 bits per heavy atom. The summed E-state index contributed by atoms with van der Waals surface area (Å²) in [5.41, 5.74) is 19.9. The molecule has 1 aromatic heterocycles. The van der Waals surface area contributed by atoms with Crippen molar-refractivity contribution in [1.29, 1.82) is 0 Å². The molecule has 4 saturated carbocycles. The summed E-state index contributed by atoms with van der Waals surface area (Å²) in [6.07, 6.45) is 8.27. The van der Waals surface area contributed by atoms with E-state index < -0.39 is 0 Å². The van der Waals surface area contributed by atoms with E-state index in [-0.39, 0.29) is 17.3 Å². The molecule has 4 aliphatic carbocycles. The van der Waals surface area contributed by atoms with Gasteiger partial charge in [0.05, 0.1) is 10.0 Å². The summed E-state index contributed by atoms with van der Waals surface area (Å²) in [4.78, 5) is 3.80. The van der Waals surface area contributed by atoms with Crippen LogP contribution in [0.1, 0.15) is 52.4 Å². The molecule has 0 amide bonds. The second-order valence-electron chi connectivity index (χ2n) is 10.00. The van der Waals surface area contributed by atoms with Crippen molar-refractivity contribution >= 4 is 35.0 Å². The first-order valence-corrected chi connectivity index (χ1v) is 10.7. The van der Waals surface area contributed by atoms with Gasteiger partial charge in [-0.15, -0.1) is 10.2 Å². The van der Waals surface area contributed by atoms with Crippen molar-refractivity contribution < 1.29 is 0 Å². The van der Waals surface area contributed by atoms with Gasteiger partial charge in [-0.3, -0.25) is 0 Å². The lowest BCUT2D eigenvalue weighted by molar-refractivity contribution is -0.104. The first kappa shape index (κ1) is 20.6. The van der Waals surface area contributed by atoms with E-state index in [1.807, 2.05) is 0 Å². The van der Waals surface area contributed by atoms with Gasteiger partial charge in [0, 0.05) is 11.1 Å². The molecule has 4 bridgehead atoms. The number of halogens is 2. The Labute approximate surface area is 181 Å². The van der Waals surface area contributed by atoms with Gasteiger partial charge in [-0.2, -0.15) is 4.98 Å². The number of anilines is 2. The van der Waals surface area contributed by atoms with E-state index in [2.05, 4.69) is 29.0 Å². The van der Waals surface area contributed by atoms with Crippen molar-refractivity contribution in [1.82, 2.24) is 15.2 Å².